The van der Waals surface area contributed by atoms with Crippen LogP contribution >= 0.6 is 11.6 Å². The lowest BCUT2D eigenvalue weighted by molar-refractivity contribution is -0.384. The highest BCUT2D eigenvalue weighted by Crippen LogP contribution is 2.26. The number of amides is 2. The van der Waals surface area contributed by atoms with Gasteiger partial charge in [0.25, 0.3) is 11.6 Å². The molecule has 0 spiro atoms. The number of carbonyl (C=O) groups excluding carboxylic acids is 8. The topological polar surface area (TPSA) is 327 Å². The molecular formula is C120H122ClF5N12O11. The van der Waals surface area contributed by atoms with E-state index in [0.717, 1.165) is 101 Å². The van der Waals surface area contributed by atoms with Crippen LogP contribution in [0, 0.1) is 124 Å². The molecule has 14 rings (SSSR count). The van der Waals surface area contributed by atoms with Gasteiger partial charge in [0.05, 0.1) is 81.1 Å². The van der Waals surface area contributed by atoms with E-state index in [1.54, 1.807) is 181 Å². The van der Waals surface area contributed by atoms with Gasteiger partial charge in [-0.25, -0.2) is 22.0 Å². The van der Waals surface area contributed by atoms with Crippen molar-refractivity contribution in [3.8, 4) is 17.9 Å². The Morgan fingerprint density at radius 1 is 0.342 bits per heavy atom. The number of nitrogens with zero attached hydrogens (tertiary/aromatic N) is 5. The Labute approximate surface area is 872 Å². The third kappa shape index (κ3) is 42.2. The molecule has 14 aromatic carbocycles. The molecule has 0 saturated heterocycles. The molecule has 29 heteroatoms. The van der Waals surface area contributed by atoms with Crippen molar-refractivity contribution < 1.29 is 70.0 Å². The molecule has 0 aromatic heterocycles. The minimum atomic E-state index is -0.492. The van der Waals surface area contributed by atoms with Gasteiger partial charge in [0.1, 0.15) is 34.8 Å². The lowest BCUT2D eigenvalue weighted by Crippen LogP contribution is -2.32. The van der Waals surface area contributed by atoms with Gasteiger partial charge in [0.2, 0.25) is 5.91 Å². The second-order valence-corrected chi connectivity index (χ2v) is 35.8. The highest BCUT2D eigenvalue weighted by atomic mass is 35.5. The molecular weight excluding hydrogens is 1920 g/mol. The molecule has 0 atom stereocenters. The zero-order chi connectivity index (χ0) is 109. The van der Waals surface area contributed by atoms with Crippen LogP contribution in [0.25, 0.3) is 0 Å². The molecule has 0 aliphatic rings. The highest BCUT2D eigenvalue weighted by Gasteiger charge is 2.18. The second-order valence-electron chi connectivity index (χ2n) is 35.4. The molecule has 0 bridgehead atoms. The van der Waals surface area contributed by atoms with Crippen LogP contribution in [0.1, 0.15) is 105 Å². The molecule has 0 fully saturated rings. The van der Waals surface area contributed by atoms with Crippen LogP contribution in [0.5, 0.6) is 5.75 Å². The number of para-hydroxylation sites is 1. The van der Waals surface area contributed by atoms with Crippen LogP contribution in [0.15, 0.2) is 303 Å². The average molecular weight is 2040 g/mol. The first-order valence-electron chi connectivity index (χ1n) is 47.6. The molecule has 0 radical (unpaired) electrons. The average Bonchev–Trinajstić information content (AvgIpc) is 0.884. The minimum absolute atomic E-state index is 0.00312. The summed E-state index contributed by atoms with van der Waals surface area (Å²) < 4.78 is 70.3. The maximum Gasteiger partial charge on any atom is 0.269 e. The van der Waals surface area contributed by atoms with E-state index in [1.807, 2.05) is 132 Å². The van der Waals surface area contributed by atoms with Gasteiger partial charge >= 0.3 is 0 Å². The molecule has 770 valence electrons. The number of nitro groups is 1. The zero-order valence-corrected chi connectivity index (χ0v) is 86.3. The molecule has 0 unspecified atom stereocenters. The normalized spacial score (nSPS) is 10.2. The molecule has 23 nitrogen and oxygen atoms in total. The second kappa shape index (κ2) is 60.5. The number of non-ortho nitro benzene ring substituents is 1. The molecule has 0 aliphatic carbocycles. The number of nitriles is 2. The number of anilines is 8. The number of nitro benzene ring substituents is 1. The molecule has 149 heavy (non-hydrogen) atoms. The van der Waals surface area contributed by atoms with Gasteiger partial charge in [-0.15, -0.1) is 0 Å². The quantitative estimate of drug-likeness (QED) is 0.0108. The Balaban J connectivity index is 0.000000212. The van der Waals surface area contributed by atoms with Crippen molar-refractivity contribution in [2.24, 2.45) is 0 Å². The number of ketones is 6. The Hall–Kier alpha value is -17.2. The predicted molar refractivity (Wildman–Crippen MR) is 583 cm³/mol. The van der Waals surface area contributed by atoms with Gasteiger partial charge < -0.3 is 51.8 Å². The van der Waals surface area contributed by atoms with E-state index in [1.165, 1.54) is 88.8 Å². The van der Waals surface area contributed by atoms with Gasteiger partial charge in [-0.05, 0) is 311 Å². The first kappa shape index (κ1) is 117. The molecule has 0 saturated carbocycles. The number of benzene rings is 14. The van der Waals surface area contributed by atoms with Crippen molar-refractivity contribution in [2.75, 3.05) is 116 Å². The van der Waals surface area contributed by atoms with Crippen molar-refractivity contribution in [3.05, 3.63) is 448 Å². The van der Waals surface area contributed by atoms with E-state index in [2.05, 4.69) is 62.3 Å². The van der Waals surface area contributed by atoms with E-state index < -0.39 is 4.92 Å². The van der Waals surface area contributed by atoms with Crippen molar-refractivity contribution in [1.82, 2.24) is 4.90 Å². The van der Waals surface area contributed by atoms with Crippen molar-refractivity contribution >= 4 is 109 Å². The SMILES string of the molecule is COc1ccc(CC(=O)CNc2ccc(F)cc2C)cc1.Cc1cc(F)ccc1NCC(=O)Cc1ccc(C(=O)N(C)C)cc1.Cc1cc(F)ccc1NCC(=O)Cc1cccc([N+](=O)[O-])c1.Cc1ccc(CC(=O)CNc2ccc(F)cc2C)c(C)c1.Cc1ccc(F)cc1NCC(=O)Cc1ccc(C#N)cc1.Cc1ccc(NCC(=O)N(C)c2ccccc2)c(C)c1.N#Cc1ccc(CC(=O)CNc2ccc(Cl)cc2)cc1. The molecule has 14 aromatic rings. The molecule has 0 heterocycles. The number of methoxy groups -OCH3 is 1. The fourth-order valence-corrected chi connectivity index (χ4v) is 14.8. The standard InChI is InChI=1S/C19H21FN2O2.C18H20FNO.C17H15FN2O.C17H18FNO2.C17H20N2O.C16H13ClN2O.C16H15FN2O3/c1-13-10-16(20)8-9-18(13)21-12-17(23)11-14-4-6-15(7-5-14)19(24)22(2)3;1-12-4-5-15(13(2)8-12)10-17(21)11-20-18-7-6-16(19)9-14(18)3;1-12-2-7-15(18)9-17(12)20-11-16(21)8-13-3-5-14(10-19)6-4-13;1-12-9-14(18)5-8-17(12)19-11-15(20)10-13-3-6-16(21-2)7-4-13;1-13-9-10-16(14(2)11-13)18-12-17(20)19(3)15-7-5-4-6-8-15;17-14-5-7-15(8-6-14)19-11-16(20)9-12-1-3-13(10-18)4-2-12;1-11-7-13(17)5-6-16(11)18-10-15(20)9-12-3-2-4-14(8-12)19(21)22/h4-10,21H,11-12H2,1-3H3;4-9,20H,10-11H2,1-3H3;2-7,9,20H,8,11H2,1H3;3-9,19H,10-11H2,1-2H3;4-11,18H,12H2,1-3H3;1-8,19H,9,11H2;2-8,18H,9-10H2,1H3. The van der Waals surface area contributed by atoms with Gasteiger partial charge in [-0.3, -0.25) is 48.5 Å². The highest BCUT2D eigenvalue weighted by molar-refractivity contribution is 6.30. The number of carbonyl (C=O) groups is 8. The van der Waals surface area contributed by atoms with E-state index in [4.69, 9.17) is 26.9 Å². The summed E-state index contributed by atoms with van der Waals surface area (Å²) in [6, 6.07) is 89.7. The molecule has 0 aliphatic heterocycles. The van der Waals surface area contributed by atoms with Crippen LogP contribution in [-0.4, -0.2) is 130 Å². The van der Waals surface area contributed by atoms with Gasteiger partial charge in [0.15, 0.2) is 34.7 Å². The van der Waals surface area contributed by atoms with Gasteiger partial charge in [-0.2, -0.15) is 10.5 Å². The maximum atomic E-state index is 13.1. The smallest absolute Gasteiger partial charge is 0.269 e. The third-order valence-electron chi connectivity index (χ3n) is 22.9. The van der Waals surface area contributed by atoms with Crippen LogP contribution in [0.3, 0.4) is 0 Å². The van der Waals surface area contributed by atoms with Gasteiger partial charge in [0, 0.05) is 128 Å². The number of Topliss-reactive ketones (excluding diaryl/α,β-unsaturated/α-hetero) is 6. The first-order chi connectivity index (χ1) is 71.2. The number of hydrogen-bond donors (Lipinski definition) is 7. The summed E-state index contributed by atoms with van der Waals surface area (Å²) in [5.74, 6) is -0.561. The number of hydrogen-bond acceptors (Lipinski definition) is 20. The lowest BCUT2D eigenvalue weighted by Gasteiger charge is -2.18. The monoisotopic (exact) mass is 2040 g/mol. The number of aryl methyl sites for hydroxylation is 9. The van der Waals surface area contributed by atoms with Crippen molar-refractivity contribution in [2.45, 2.75) is 101 Å². The Kier molecular flexibility index (Phi) is 47.5. The molecule has 7 N–H and O–H groups in total. The molecule has 2 amide bonds. The van der Waals surface area contributed by atoms with Crippen molar-refractivity contribution in [3.63, 3.8) is 0 Å². The Morgan fingerprint density at radius 2 is 0.691 bits per heavy atom. The van der Waals surface area contributed by atoms with E-state index in [0.29, 0.717) is 63.5 Å². The zero-order valence-electron chi connectivity index (χ0n) is 85.6. The largest absolute Gasteiger partial charge is 0.497 e. The maximum absolute atomic E-state index is 13.1. The summed E-state index contributed by atoms with van der Waals surface area (Å²) in [5, 5.41) is 50.1. The number of halogens is 6. The summed E-state index contributed by atoms with van der Waals surface area (Å²) >= 11 is 5.79. The van der Waals surface area contributed by atoms with Crippen LogP contribution in [0.2, 0.25) is 5.02 Å². The van der Waals surface area contributed by atoms with E-state index >= 15 is 0 Å². The summed E-state index contributed by atoms with van der Waals surface area (Å²) in [6.45, 7) is 18.6. The van der Waals surface area contributed by atoms with E-state index in [-0.39, 0.29) is 146 Å². The van der Waals surface area contributed by atoms with Crippen molar-refractivity contribution in [1.29, 1.82) is 10.5 Å². The first-order valence-corrected chi connectivity index (χ1v) is 48.0. The fourth-order valence-electron chi connectivity index (χ4n) is 14.6. The summed E-state index contributed by atoms with van der Waals surface area (Å²) in [4.78, 5) is 109. The Bertz CT molecular complexity index is 6990. The number of ether oxygens (including phenoxy) is 1. The van der Waals surface area contributed by atoms with E-state index in [9.17, 15) is 70.4 Å². The lowest BCUT2D eigenvalue weighted by atomic mass is 10.0. The van der Waals surface area contributed by atoms with Crippen LogP contribution < -0.4 is 46.9 Å². The minimum Gasteiger partial charge on any atom is -0.497 e. The Morgan fingerprint density at radius 3 is 1.08 bits per heavy atom. The number of rotatable bonds is 37. The summed E-state index contributed by atoms with van der Waals surface area (Å²) in [6.07, 6.45) is 1.80. The van der Waals surface area contributed by atoms with Crippen LogP contribution in [-0.2, 0) is 72.1 Å². The number of likely N-dealkylation sites (N-methyl/N-ethyl adjacent to an activating group) is 1. The summed E-state index contributed by atoms with van der Waals surface area (Å²) in [5.41, 5.74) is 22.0. The number of nitrogens with one attached hydrogen (secondary N) is 7. The fraction of sp³-hybridized carbons (Fsp3) is 0.217. The predicted octanol–water partition coefficient (Wildman–Crippen LogP) is 23.7. The van der Waals surface area contributed by atoms with Gasteiger partial charge in [-0.1, -0.05) is 138 Å². The summed E-state index contributed by atoms with van der Waals surface area (Å²) in [7, 11) is 6.79. The third-order valence-corrected chi connectivity index (χ3v) is 23.2. The van der Waals surface area contributed by atoms with Crippen LogP contribution in [0.4, 0.5) is 73.1 Å².